The third kappa shape index (κ3) is 5.18. The van der Waals surface area contributed by atoms with Gasteiger partial charge in [-0.05, 0) is 110 Å². The zero-order chi connectivity index (χ0) is 35.5. The summed E-state index contributed by atoms with van der Waals surface area (Å²) >= 11 is 0. The van der Waals surface area contributed by atoms with E-state index in [4.69, 9.17) is 0 Å². The monoisotopic (exact) mass is 678 g/mol. The van der Waals surface area contributed by atoms with Crippen LogP contribution in [0.25, 0.3) is 72.0 Å². The Morgan fingerprint density at radius 2 is 0.981 bits per heavy atom. The Hall–Kier alpha value is -6.64. The number of aromatic nitrogens is 1. The van der Waals surface area contributed by atoms with Crippen LogP contribution < -0.4 is 5.32 Å². The van der Waals surface area contributed by atoms with Crippen molar-refractivity contribution in [3.63, 3.8) is 0 Å². The fourth-order valence-electron chi connectivity index (χ4n) is 8.51. The molecule has 0 amide bonds. The smallest absolute Gasteiger partial charge is 0.0541 e. The largest absolute Gasteiger partial charge is 0.355 e. The van der Waals surface area contributed by atoms with Gasteiger partial charge in [0.05, 0.1) is 11.0 Å². The van der Waals surface area contributed by atoms with Gasteiger partial charge in [-0.25, -0.2) is 0 Å². The lowest BCUT2D eigenvalue weighted by Crippen LogP contribution is -2.15. The van der Waals surface area contributed by atoms with Gasteiger partial charge >= 0.3 is 0 Å². The van der Waals surface area contributed by atoms with Crippen molar-refractivity contribution in [1.82, 2.24) is 4.57 Å². The maximum Gasteiger partial charge on any atom is 0.0541 e. The molecule has 53 heavy (non-hydrogen) atoms. The zero-order valence-electron chi connectivity index (χ0n) is 29.8. The Morgan fingerprint density at radius 3 is 1.77 bits per heavy atom. The van der Waals surface area contributed by atoms with Gasteiger partial charge in [-0.2, -0.15) is 0 Å². The first kappa shape index (κ1) is 31.1. The molecule has 0 atom stereocenters. The Morgan fingerprint density at radius 1 is 0.396 bits per heavy atom. The Balaban J connectivity index is 1.01. The lowest BCUT2D eigenvalue weighted by molar-refractivity contribution is 0.661. The summed E-state index contributed by atoms with van der Waals surface area (Å²) in [7, 11) is 0. The van der Waals surface area contributed by atoms with Crippen LogP contribution in [0.4, 0.5) is 11.4 Å². The second-order valence-electron chi connectivity index (χ2n) is 14.7. The molecule has 8 aromatic carbocycles. The quantitative estimate of drug-likeness (QED) is 0.185. The molecule has 0 aliphatic heterocycles. The Labute approximate surface area is 310 Å². The minimum absolute atomic E-state index is 0.117. The van der Waals surface area contributed by atoms with Crippen molar-refractivity contribution in [2.75, 3.05) is 5.32 Å². The van der Waals surface area contributed by atoms with E-state index >= 15 is 0 Å². The van der Waals surface area contributed by atoms with E-state index in [0.29, 0.717) is 0 Å². The third-order valence-corrected chi connectivity index (χ3v) is 11.2. The molecule has 0 fully saturated rings. The molecule has 9 aromatic rings. The summed E-state index contributed by atoms with van der Waals surface area (Å²) in [5.74, 6) is 0. The van der Waals surface area contributed by atoms with Crippen molar-refractivity contribution in [3.05, 3.63) is 199 Å². The number of para-hydroxylation sites is 2. The van der Waals surface area contributed by atoms with Crippen LogP contribution >= 0.6 is 0 Å². The number of benzene rings is 8. The average molecular weight is 679 g/mol. The number of rotatable bonds is 6. The standard InChI is InChI=1S/C51H38N2/c1-51(2)46-19-11-9-18-43(46)50-44(37-23-21-35(22-24-37)34-13-5-3-6-14-34)32-40(33-47(50)51)52-39-28-25-36(26-29-39)38-27-30-49-45(31-38)42-17-10-12-20-48(42)53(49)41-15-7-4-8-16-41/h3-33,52H,1-2H3. The zero-order valence-corrected chi connectivity index (χ0v) is 29.8. The van der Waals surface area contributed by atoms with Gasteiger partial charge in [0.25, 0.3) is 0 Å². The van der Waals surface area contributed by atoms with Crippen LogP contribution in [0.2, 0.25) is 0 Å². The van der Waals surface area contributed by atoms with Crippen LogP contribution in [0.15, 0.2) is 188 Å². The van der Waals surface area contributed by atoms with Crippen molar-refractivity contribution < 1.29 is 0 Å². The lowest BCUT2D eigenvalue weighted by Gasteiger charge is -2.23. The topological polar surface area (TPSA) is 17.0 Å². The molecule has 1 aliphatic carbocycles. The maximum atomic E-state index is 3.80. The van der Waals surface area contributed by atoms with Gasteiger partial charge in [0.15, 0.2) is 0 Å². The molecule has 2 heteroatoms. The molecular weight excluding hydrogens is 641 g/mol. The van der Waals surface area contributed by atoms with E-state index in [2.05, 4.69) is 212 Å². The number of nitrogens with one attached hydrogen (secondary N) is 1. The van der Waals surface area contributed by atoms with Crippen molar-refractivity contribution in [2.45, 2.75) is 19.3 Å². The summed E-state index contributed by atoms with van der Waals surface area (Å²) in [6.45, 7) is 4.71. The molecule has 0 saturated heterocycles. The van der Waals surface area contributed by atoms with Crippen molar-refractivity contribution in [2.24, 2.45) is 0 Å². The van der Waals surface area contributed by atoms with Gasteiger partial charge in [-0.1, -0.05) is 147 Å². The Bertz CT molecular complexity index is 2790. The van der Waals surface area contributed by atoms with E-state index in [1.54, 1.807) is 0 Å². The molecule has 0 bridgehead atoms. The molecule has 10 rings (SSSR count). The van der Waals surface area contributed by atoms with Gasteiger partial charge in [0.2, 0.25) is 0 Å². The molecule has 1 aliphatic rings. The summed E-state index contributed by atoms with van der Waals surface area (Å²) in [5.41, 5.74) is 18.4. The molecule has 0 unspecified atom stereocenters. The van der Waals surface area contributed by atoms with Gasteiger partial charge in [0, 0.05) is 33.2 Å². The number of hydrogen-bond donors (Lipinski definition) is 1. The molecule has 252 valence electrons. The number of fused-ring (bicyclic) bond motifs is 6. The van der Waals surface area contributed by atoms with E-state index in [-0.39, 0.29) is 5.41 Å². The van der Waals surface area contributed by atoms with E-state index < -0.39 is 0 Å². The second kappa shape index (κ2) is 12.3. The SMILES string of the molecule is CC1(C)c2ccccc2-c2c(-c3ccc(-c4ccccc4)cc3)cc(Nc3ccc(-c4ccc5c(c4)c4ccccc4n5-c4ccccc4)cc3)cc21. The van der Waals surface area contributed by atoms with Crippen molar-refractivity contribution in [1.29, 1.82) is 0 Å². The highest BCUT2D eigenvalue weighted by Crippen LogP contribution is 2.53. The van der Waals surface area contributed by atoms with E-state index in [9.17, 15) is 0 Å². The predicted octanol–water partition coefficient (Wildman–Crippen LogP) is 13.8. The minimum atomic E-state index is -0.117. The highest BCUT2D eigenvalue weighted by Gasteiger charge is 2.37. The molecule has 2 nitrogen and oxygen atoms in total. The fraction of sp³-hybridized carbons (Fsp3) is 0.0588. The summed E-state index contributed by atoms with van der Waals surface area (Å²) in [5, 5.41) is 6.32. The molecule has 0 radical (unpaired) electrons. The van der Waals surface area contributed by atoms with Crippen LogP contribution in [0, 0.1) is 0 Å². The fourth-order valence-corrected chi connectivity index (χ4v) is 8.51. The summed E-state index contributed by atoms with van der Waals surface area (Å²) < 4.78 is 2.36. The maximum absolute atomic E-state index is 3.80. The molecule has 0 spiro atoms. The number of anilines is 2. The normalized spacial score (nSPS) is 12.9. The average Bonchev–Trinajstić information content (AvgIpc) is 3.67. The van der Waals surface area contributed by atoms with Crippen LogP contribution in [-0.2, 0) is 5.41 Å². The van der Waals surface area contributed by atoms with Gasteiger partial charge < -0.3 is 9.88 Å². The number of hydrogen-bond acceptors (Lipinski definition) is 1. The highest BCUT2D eigenvalue weighted by molar-refractivity contribution is 6.10. The first-order valence-corrected chi connectivity index (χ1v) is 18.4. The van der Waals surface area contributed by atoms with Crippen molar-refractivity contribution in [3.8, 4) is 50.2 Å². The van der Waals surface area contributed by atoms with Crippen LogP contribution in [0.3, 0.4) is 0 Å². The Kier molecular flexibility index (Phi) is 7.19. The first-order valence-electron chi connectivity index (χ1n) is 18.4. The number of nitrogens with zero attached hydrogens (tertiary/aromatic N) is 1. The van der Waals surface area contributed by atoms with Crippen LogP contribution in [0.1, 0.15) is 25.0 Å². The van der Waals surface area contributed by atoms with E-state index in [0.717, 1.165) is 11.4 Å². The molecule has 1 aromatic heterocycles. The molecule has 0 saturated carbocycles. The van der Waals surface area contributed by atoms with Gasteiger partial charge in [0.1, 0.15) is 0 Å². The van der Waals surface area contributed by atoms with Gasteiger partial charge in [-0.3, -0.25) is 0 Å². The molecule has 1 heterocycles. The minimum Gasteiger partial charge on any atom is -0.355 e. The lowest BCUT2D eigenvalue weighted by atomic mass is 9.81. The van der Waals surface area contributed by atoms with E-state index in [1.807, 2.05) is 0 Å². The highest BCUT2D eigenvalue weighted by atomic mass is 15.0. The van der Waals surface area contributed by atoms with Crippen LogP contribution in [0.5, 0.6) is 0 Å². The first-order chi connectivity index (χ1) is 26.0. The summed E-state index contributed by atoms with van der Waals surface area (Å²) in [4.78, 5) is 0. The van der Waals surface area contributed by atoms with Crippen molar-refractivity contribution >= 4 is 33.2 Å². The molecular formula is C51H38N2. The summed E-state index contributed by atoms with van der Waals surface area (Å²) in [6.07, 6.45) is 0. The molecule has 1 N–H and O–H groups in total. The second-order valence-corrected chi connectivity index (χ2v) is 14.7. The van der Waals surface area contributed by atoms with Gasteiger partial charge in [-0.15, -0.1) is 0 Å². The van der Waals surface area contributed by atoms with Crippen LogP contribution in [-0.4, -0.2) is 4.57 Å². The summed E-state index contributed by atoms with van der Waals surface area (Å²) in [6, 6.07) is 68.3. The predicted molar refractivity (Wildman–Crippen MR) is 224 cm³/mol. The third-order valence-electron chi connectivity index (χ3n) is 11.2. The van der Waals surface area contributed by atoms with E-state index in [1.165, 1.54) is 83.1 Å².